The molecule has 0 radical (unpaired) electrons. The van der Waals surface area contributed by atoms with Gasteiger partial charge in [-0.05, 0) is 63.5 Å². The molecule has 2 saturated heterocycles. The highest BCUT2D eigenvalue weighted by atomic mass is 16.7. The SMILES string of the molecule is CCOC1OC(C(=O)N2CCC3(CC2)C(=O)NCN3c2ccccc2)=CC(c2c(C)n(C)n(-c3ccccc3)c2=O)C1CCOCCOCCO. The van der Waals surface area contributed by atoms with Crippen molar-refractivity contribution in [3.8, 4) is 5.69 Å². The first kappa shape index (κ1) is 36.4. The fourth-order valence-electron chi connectivity index (χ4n) is 7.61. The highest BCUT2D eigenvalue weighted by Gasteiger charge is 2.51. The Kier molecular flexibility index (Phi) is 11.6. The third-order valence-electron chi connectivity index (χ3n) is 10.3. The zero-order valence-corrected chi connectivity index (χ0v) is 29.7. The average molecular weight is 704 g/mol. The zero-order valence-electron chi connectivity index (χ0n) is 29.7. The molecule has 2 N–H and O–H groups in total. The molecule has 274 valence electrons. The number of rotatable bonds is 14. The Morgan fingerprint density at radius 1 is 0.961 bits per heavy atom. The van der Waals surface area contributed by atoms with Crippen LogP contribution in [0.1, 0.15) is 43.4 Å². The van der Waals surface area contributed by atoms with Crippen LogP contribution in [0.3, 0.4) is 0 Å². The Morgan fingerprint density at radius 3 is 2.25 bits per heavy atom. The van der Waals surface area contributed by atoms with Crippen molar-refractivity contribution in [3.05, 3.63) is 94.1 Å². The van der Waals surface area contributed by atoms with Crippen LogP contribution in [-0.4, -0.2) is 102 Å². The summed E-state index contributed by atoms with van der Waals surface area (Å²) >= 11 is 0. The van der Waals surface area contributed by atoms with E-state index in [1.54, 1.807) is 15.7 Å². The van der Waals surface area contributed by atoms with Crippen LogP contribution >= 0.6 is 0 Å². The van der Waals surface area contributed by atoms with E-state index in [4.69, 9.17) is 24.1 Å². The van der Waals surface area contributed by atoms with Gasteiger partial charge in [0.05, 0.1) is 38.8 Å². The predicted molar refractivity (Wildman–Crippen MR) is 190 cm³/mol. The number of benzene rings is 2. The van der Waals surface area contributed by atoms with E-state index in [-0.39, 0.29) is 42.3 Å². The van der Waals surface area contributed by atoms with Crippen LogP contribution in [0.2, 0.25) is 0 Å². The monoisotopic (exact) mass is 703 g/mol. The molecule has 3 aliphatic heterocycles. The van der Waals surface area contributed by atoms with Crippen molar-refractivity contribution < 1.29 is 33.6 Å². The number of para-hydroxylation sites is 2. The minimum absolute atomic E-state index is 0.0256. The number of nitrogens with zero attached hydrogens (tertiary/aromatic N) is 4. The summed E-state index contributed by atoms with van der Waals surface area (Å²) < 4.78 is 27.2. The van der Waals surface area contributed by atoms with Gasteiger partial charge in [0.1, 0.15) is 5.54 Å². The van der Waals surface area contributed by atoms with Gasteiger partial charge in [0, 0.05) is 62.1 Å². The van der Waals surface area contributed by atoms with Crippen LogP contribution in [0.4, 0.5) is 5.69 Å². The van der Waals surface area contributed by atoms with Crippen molar-refractivity contribution in [2.24, 2.45) is 13.0 Å². The third kappa shape index (κ3) is 7.34. The standard InChI is InChI=1S/C38H49N5O8/c1-4-50-36-30(15-21-48-23-24-49-22-20-44)31(33-27(2)40(3)43(35(33)46)29-13-9-6-10-14-29)25-32(51-36)34(45)41-18-16-38(17-19-41)37(47)39-26-42(38)28-11-7-5-8-12-28/h5-14,25,30-31,36,44H,4,15-24,26H2,1-3H3,(H,39,47). The molecule has 3 aliphatic rings. The molecule has 2 amide bonds. The van der Waals surface area contributed by atoms with Crippen molar-refractivity contribution in [1.82, 2.24) is 19.6 Å². The largest absolute Gasteiger partial charge is 0.459 e. The van der Waals surface area contributed by atoms with Crippen molar-refractivity contribution >= 4 is 17.5 Å². The first-order valence-electron chi connectivity index (χ1n) is 17.8. The summed E-state index contributed by atoms with van der Waals surface area (Å²) in [6.45, 7) is 6.49. The first-order valence-corrected chi connectivity index (χ1v) is 17.8. The van der Waals surface area contributed by atoms with Crippen molar-refractivity contribution in [2.45, 2.75) is 50.9 Å². The van der Waals surface area contributed by atoms with Gasteiger partial charge >= 0.3 is 0 Å². The Balaban J connectivity index is 1.29. The summed E-state index contributed by atoms with van der Waals surface area (Å²) in [6, 6.07) is 19.3. The Hall–Kier alpha value is -4.43. The van der Waals surface area contributed by atoms with E-state index in [1.807, 2.05) is 86.2 Å². The predicted octanol–water partition coefficient (Wildman–Crippen LogP) is 2.83. The molecule has 51 heavy (non-hydrogen) atoms. The molecule has 0 saturated carbocycles. The minimum Gasteiger partial charge on any atom is -0.459 e. The quantitative estimate of drug-likeness (QED) is 0.243. The van der Waals surface area contributed by atoms with Gasteiger partial charge in [-0.25, -0.2) is 4.68 Å². The number of nitrogens with one attached hydrogen (secondary N) is 1. The smallest absolute Gasteiger partial charge is 0.288 e. The zero-order chi connectivity index (χ0) is 36.0. The van der Waals surface area contributed by atoms with Gasteiger partial charge in [-0.3, -0.25) is 19.1 Å². The van der Waals surface area contributed by atoms with Gasteiger partial charge in [0.15, 0.2) is 5.76 Å². The topological polar surface area (TPSA) is 137 Å². The molecule has 3 atom stereocenters. The molecule has 1 spiro atoms. The van der Waals surface area contributed by atoms with E-state index < -0.39 is 17.7 Å². The number of hydrogen-bond donors (Lipinski definition) is 2. The summed E-state index contributed by atoms with van der Waals surface area (Å²) in [7, 11) is 1.86. The lowest BCUT2D eigenvalue weighted by Crippen LogP contribution is -2.57. The van der Waals surface area contributed by atoms with Gasteiger partial charge in [-0.1, -0.05) is 36.4 Å². The number of carbonyl (C=O) groups is 2. The second kappa shape index (κ2) is 16.3. The highest BCUT2D eigenvalue weighted by molar-refractivity contribution is 5.95. The molecule has 6 rings (SSSR count). The van der Waals surface area contributed by atoms with Gasteiger partial charge in [0.2, 0.25) is 12.2 Å². The van der Waals surface area contributed by atoms with Crippen LogP contribution < -0.4 is 15.8 Å². The molecule has 1 aromatic heterocycles. The number of aliphatic hydroxyl groups is 1. The number of piperidine rings is 1. The van der Waals surface area contributed by atoms with E-state index in [2.05, 4.69) is 10.2 Å². The third-order valence-corrected chi connectivity index (χ3v) is 10.3. The molecule has 0 aliphatic carbocycles. The summed E-state index contributed by atoms with van der Waals surface area (Å²) in [5.41, 5.74) is 2.11. The summed E-state index contributed by atoms with van der Waals surface area (Å²) in [4.78, 5) is 45.7. The lowest BCUT2D eigenvalue weighted by Gasteiger charge is -2.44. The number of aromatic nitrogens is 2. The molecule has 13 nitrogen and oxygen atoms in total. The van der Waals surface area contributed by atoms with Gasteiger partial charge in [0.25, 0.3) is 11.5 Å². The molecule has 4 heterocycles. The normalized spacial score (nSPS) is 21.5. The maximum absolute atomic E-state index is 14.3. The number of allylic oxidation sites excluding steroid dienone is 1. The van der Waals surface area contributed by atoms with Gasteiger partial charge in [-0.2, -0.15) is 0 Å². The number of anilines is 1. The number of carbonyl (C=O) groups excluding carboxylic acids is 2. The second-order valence-corrected chi connectivity index (χ2v) is 13.1. The van der Waals surface area contributed by atoms with E-state index >= 15 is 0 Å². The van der Waals surface area contributed by atoms with Crippen LogP contribution in [-0.2, 0) is 35.6 Å². The maximum atomic E-state index is 14.3. The van der Waals surface area contributed by atoms with Crippen molar-refractivity contribution in [2.75, 3.05) is 64.3 Å². The Bertz CT molecular complexity index is 1730. The molecule has 3 aromatic rings. The number of hydrogen-bond acceptors (Lipinski definition) is 9. The molecule has 0 bridgehead atoms. The summed E-state index contributed by atoms with van der Waals surface area (Å²) in [6.07, 6.45) is 2.39. The molecular formula is C38H49N5O8. The van der Waals surface area contributed by atoms with E-state index in [0.717, 1.165) is 17.1 Å². The minimum atomic E-state index is -0.812. The number of ether oxygens (including phenoxy) is 4. The van der Waals surface area contributed by atoms with Crippen LogP contribution in [0.25, 0.3) is 5.69 Å². The van der Waals surface area contributed by atoms with Crippen LogP contribution in [0.5, 0.6) is 0 Å². The van der Waals surface area contributed by atoms with Gasteiger partial charge < -0.3 is 39.2 Å². The summed E-state index contributed by atoms with van der Waals surface area (Å²) in [5.74, 6) is -1.05. The molecular weight excluding hydrogens is 654 g/mol. The Morgan fingerprint density at radius 2 is 1.61 bits per heavy atom. The molecule has 2 aromatic carbocycles. The number of amides is 2. The van der Waals surface area contributed by atoms with E-state index in [9.17, 15) is 14.4 Å². The van der Waals surface area contributed by atoms with Crippen molar-refractivity contribution in [1.29, 1.82) is 0 Å². The Labute approximate surface area is 298 Å². The molecule has 3 unspecified atom stereocenters. The maximum Gasteiger partial charge on any atom is 0.288 e. The van der Waals surface area contributed by atoms with E-state index in [0.29, 0.717) is 71.0 Å². The lowest BCUT2D eigenvalue weighted by atomic mass is 9.81. The number of aliphatic hydroxyl groups excluding tert-OH is 1. The fourth-order valence-corrected chi connectivity index (χ4v) is 7.61. The fraction of sp³-hybridized carbons (Fsp3) is 0.500. The highest BCUT2D eigenvalue weighted by Crippen LogP contribution is 2.41. The van der Waals surface area contributed by atoms with E-state index in [1.165, 1.54) is 0 Å². The van der Waals surface area contributed by atoms with Crippen LogP contribution in [0.15, 0.2) is 77.3 Å². The average Bonchev–Trinajstić information content (AvgIpc) is 3.58. The molecule has 2 fully saturated rings. The summed E-state index contributed by atoms with van der Waals surface area (Å²) in [5, 5.41) is 12.0. The van der Waals surface area contributed by atoms with Gasteiger partial charge in [-0.15, -0.1) is 0 Å². The van der Waals surface area contributed by atoms with Crippen molar-refractivity contribution in [3.63, 3.8) is 0 Å². The second-order valence-electron chi connectivity index (χ2n) is 13.1. The number of likely N-dealkylation sites (tertiary alicyclic amines) is 1. The molecule has 13 heteroatoms. The lowest BCUT2D eigenvalue weighted by molar-refractivity contribution is -0.172. The van der Waals surface area contributed by atoms with Crippen LogP contribution in [0, 0.1) is 12.8 Å². The first-order chi connectivity index (χ1) is 24.8.